The van der Waals surface area contributed by atoms with Gasteiger partial charge in [0.05, 0.1) is 18.9 Å². The molecule has 1 unspecified atom stereocenters. The van der Waals surface area contributed by atoms with E-state index in [4.69, 9.17) is 14.6 Å². The van der Waals surface area contributed by atoms with E-state index >= 15 is 0 Å². The van der Waals surface area contributed by atoms with Gasteiger partial charge in [-0.15, -0.1) is 0 Å². The molecule has 0 amide bonds. The van der Waals surface area contributed by atoms with Crippen molar-refractivity contribution in [2.45, 2.75) is 32.0 Å². The van der Waals surface area contributed by atoms with E-state index in [0.717, 1.165) is 29.2 Å². The van der Waals surface area contributed by atoms with Crippen LogP contribution < -0.4 is 9.47 Å². The van der Waals surface area contributed by atoms with Gasteiger partial charge in [0.1, 0.15) is 11.5 Å². The van der Waals surface area contributed by atoms with Crippen molar-refractivity contribution in [1.82, 2.24) is 5.01 Å². The first kappa shape index (κ1) is 14.1. The Balaban J connectivity index is 1.72. The molecule has 2 aromatic carbocycles. The van der Waals surface area contributed by atoms with Gasteiger partial charge in [-0.1, -0.05) is 18.2 Å². The highest BCUT2D eigenvalue weighted by Crippen LogP contribution is 2.46. The molecule has 0 aromatic heterocycles. The Morgan fingerprint density at radius 1 is 1.13 bits per heavy atom. The Morgan fingerprint density at radius 3 is 2.61 bits per heavy atom. The molecule has 2 heterocycles. The SMILES string of the molecule is COc1ccc(C2=NN3C(C2)c2ccccc2OC3(C)C)cc1. The van der Waals surface area contributed by atoms with Gasteiger partial charge < -0.3 is 9.47 Å². The monoisotopic (exact) mass is 308 g/mol. The summed E-state index contributed by atoms with van der Waals surface area (Å²) in [6.45, 7) is 4.13. The van der Waals surface area contributed by atoms with E-state index in [1.54, 1.807) is 7.11 Å². The molecule has 2 aliphatic heterocycles. The molecule has 4 heteroatoms. The topological polar surface area (TPSA) is 34.1 Å². The Labute approximate surface area is 136 Å². The van der Waals surface area contributed by atoms with Crippen LogP contribution in [0, 0.1) is 0 Å². The second-order valence-electron chi connectivity index (χ2n) is 6.43. The van der Waals surface area contributed by atoms with Crippen molar-refractivity contribution in [3.05, 3.63) is 59.7 Å². The molecule has 1 atom stereocenters. The number of para-hydroxylation sites is 1. The molecule has 2 aliphatic rings. The zero-order valence-electron chi connectivity index (χ0n) is 13.6. The van der Waals surface area contributed by atoms with Crippen molar-refractivity contribution in [1.29, 1.82) is 0 Å². The molecule has 4 nitrogen and oxygen atoms in total. The van der Waals surface area contributed by atoms with Gasteiger partial charge in [-0.2, -0.15) is 5.10 Å². The normalized spacial score (nSPS) is 21.1. The predicted molar refractivity (Wildman–Crippen MR) is 89.9 cm³/mol. The van der Waals surface area contributed by atoms with Crippen molar-refractivity contribution >= 4 is 5.71 Å². The van der Waals surface area contributed by atoms with Crippen molar-refractivity contribution in [2.24, 2.45) is 5.10 Å². The minimum Gasteiger partial charge on any atom is -0.497 e. The Morgan fingerprint density at radius 2 is 1.87 bits per heavy atom. The van der Waals surface area contributed by atoms with E-state index < -0.39 is 5.72 Å². The lowest BCUT2D eigenvalue weighted by molar-refractivity contribution is -0.0911. The van der Waals surface area contributed by atoms with Crippen molar-refractivity contribution in [3.8, 4) is 11.5 Å². The van der Waals surface area contributed by atoms with E-state index in [9.17, 15) is 0 Å². The van der Waals surface area contributed by atoms with Crippen LogP contribution in [-0.2, 0) is 0 Å². The number of hydrogen-bond donors (Lipinski definition) is 0. The van der Waals surface area contributed by atoms with Gasteiger partial charge in [0.2, 0.25) is 0 Å². The summed E-state index contributed by atoms with van der Waals surface area (Å²) in [5, 5.41) is 6.96. The molecule has 2 aromatic rings. The number of rotatable bonds is 2. The third-order valence-electron chi connectivity index (χ3n) is 4.52. The maximum absolute atomic E-state index is 6.15. The van der Waals surface area contributed by atoms with Crippen LogP contribution in [0.2, 0.25) is 0 Å². The molecule has 0 saturated heterocycles. The number of ether oxygens (including phenoxy) is 2. The molecule has 0 radical (unpaired) electrons. The standard InChI is InChI=1S/C19H20N2O2/c1-19(2)21-17(15-6-4-5-7-18(15)23-19)12-16(20-21)13-8-10-14(22-3)11-9-13/h4-11,17H,12H2,1-3H3. The highest BCUT2D eigenvalue weighted by molar-refractivity contribution is 6.02. The van der Waals surface area contributed by atoms with Crippen molar-refractivity contribution in [2.75, 3.05) is 7.11 Å². The van der Waals surface area contributed by atoms with Crippen molar-refractivity contribution in [3.63, 3.8) is 0 Å². The molecule has 0 saturated carbocycles. The molecule has 0 N–H and O–H groups in total. The maximum Gasteiger partial charge on any atom is 0.192 e. The second kappa shape index (κ2) is 5.01. The van der Waals surface area contributed by atoms with Gasteiger partial charge in [-0.3, -0.25) is 0 Å². The van der Waals surface area contributed by atoms with Gasteiger partial charge in [0, 0.05) is 12.0 Å². The van der Waals surface area contributed by atoms with Gasteiger partial charge in [-0.25, -0.2) is 5.01 Å². The quantitative estimate of drug-likeness (QED) is 0.841. The van der Waals surface area contributed by atoms with E-state index in [1.165, 1.54) is 5.56 Å². The Kier molecular flexibility index (Phi) is 3.08. The second-order valence-corrected chi connectivity index (χ2v) is 6.43. The molecule has 0 bridgehead atoms. The summed E-state index contributed by atoms with van der Waals surface area (Å²) in [7, 11) is 1.68. The van der Waals surface area contributed by atoms with Crippen LogP contribution in [0.3, 0.4) is 0 Å². The lowest BCUT2D eigenvalue weighted by Gasteiger charge is -2.43. The third kappa shape index (κ3) is 2.25. The zero-order valence-corrected chi connectivity index (χ0v) is 13.6. The number of methoxy groups -OCH3 is 1. The average Bonchev–Trinajstić information content (AvgIpc) is 3.01. The smallest absolute Gasteiger partial charge is 0.192 e. The van der Waals surface area contributed by atoms with Crippen LogP contribution in [0.25, 0.3) is 0 Å². The number of hydrazone groups is 1. The van der Waals surface area contributed by atoms with Crippen LogP contribution in [0.15, 0.2) is 53.6 Å². The van der Waals surface area contributed by atoms with Crippen LogP contribution in [-0.4, -0.2) is 23.6 Å². The highest BCUT2D eigenvalue weighted by atomic mass is 16.5. The number of nitrogens with zero attached hydrogens (tertiary/aromatic N) is 2. The largest absolute Gasteiger partial charge is 0.497 e. The van der Waals surface area contributed by atoms with Crippen molar-refractivity contribution < 1.29 is 9.47 Å². The van der Waals surface area contributed by atoms with Crippen LogP contribution in [0.4, 0.5) is 0 Å². The molecular weight excluding hydrogens is 288 g/mol. The van der Waals surface area contributed by atoms with E-state index in [2.05, 4.69) is 43.1 Å². The van der Waals surface area contributed by atoms with Crippen LogP contribution >= 0.6 is 0 Å². The molecule has 0 fully saturated rings. The number of fused-ring (bicyclic) bond motifs is 3. The summed E-state index contributed by atoms with van der Waals surface area (Å²) in [6.07, 6.45) is 0.885. The van der Waals surface area contributed by atoms with E-state index in [0.29, 0.717) is 0 Å². The Bertz CT molecular complexity index is 765. The summed E-state index contributed by atoms with van der Waals surface area (Å²) < 4.78 is 11.4. The summed E-state index contributed by atoms with van der Waals surface area (Å²) in [5.74, 6) is 1.82. The van der Waals surface area contributed by atoms with E-state index in [-0.39, 0.29) is 6.04 Å². The first-order valence-corrected chi connectivity index (χ1v) is 7.88. The fourth-order valence-corrected chi connectivity index (χ4v) is 3.37. The summed E-state index contributed by atoms with van der Waals surface area (Å²) in [5.41, 5.74) is 2.98. The van der Waals surface area contributed by atoms with Gasteiger partial charge in [-0.05, 0) is 49.7 Å². The third-order valence-corrected chi connectivity index (χ3v) is 4.52. The lowest BCUT2D eigenvalue weighted by Crippen LogP contribution is -2.48. The fourth-order valence-electron chi connectivity index (χ4n) is 3.37. The summed E-state index contributed by atoms with van der Waals surface area (Å²) in [4.78, 5) is 0. The lowest BCUT2D eigenvalue weighted by atomic mass is 9.95. The number of benzene rings is 2. The van der Waals surface area contributed by atoms with Gasteiger partial charge >= 0.3 is 0 Å². The van der Waals surface area contributed by atoms with Crippen LogP contribution in [0.1, 0.15) is 37.4 Å². The predicted octanol–water partition coefficient (Wildman–Crippen LogP) is 3.97. The summed E-state index contributed by atoms with van der Waals surface area (Å²) >= 11 is 0. The Hall–Kier alpha value is -2.49. The molecule has 23 heavy (non-hydrogen) atoms. The minimum atomic E-state index is -0.451. The first-order chi connectivity index (χ1) is 11.1. The average molecular weight is 308 g/mol. The zero-order chi connectivity index (χ0) is 16.0. The van der Waals surface area contributed by atoms with Gasteiger partial charge in [0.15, 0.2) is 5.72 Å². The highest BCUT2D eigenvalue weighted by Gasteiger charge is 2.44. The van der Waals surface area contributed by atoms with Gasteiger partial charge in [0.25, 0.3) is 0 Å². The first-order valence-electron chi connectivity index (χ1n) is 7.88. The van der Waals surface area contributed by atoms with Crippen LogP contribution in [0.5, 0.6) is 11.5 Å². The fraction of sp³-hybridized carbons (Fsp3) is 0.316. The summed E-state index contributed by atoms with van der Waals surface area (Å²) in [6, 6.07) is 16.6. The molecule has 0 aliphatic carbocycles. The molecule has 4 rings (SSSR count). The molecule has 118 valence electrons. The number of hydrogen-bond acceptors (Lipinski definition) is 4. The minimum absolute atomic E-state index is 0.229. The maximum atomic E-state index is 6.15. The molecular formula is C19H20N2O2. The van der Waals surface area contributed by atoms with E-state index in [1.807, 2.05) is 24.3 Å². The molecule has 0 spiro atoms.